The molecule has 2 amide bonds. The maximum atomic E-state index is 14.5. The van der Waals surface area contributed by atoms with Gasteiger partial charge in [0, 0.05) is 32.0 Å². The Labute approximate surface area is 200 Å². The lowest BCUT2D eigenvalue weighted by molar-refractivity contribution is -0.141. The van der Waals surface area contributed by atoms with Crippen LogP contribution in [0.1, 0.15) is 29.5 Å². The minimum Gasteiger partial charge on any atom is -0.494 e. The third kappa shape index (κ3) is 7.17. The zero-order valence-corrected chi connectivity index (χ0v) is 19.7. The van der Waals surface area contributed by atoms with Gasteiger partial charge in [-0.25, -0.2) is 4.39 Å². The number of nitrogens with zero attached hydrogens (tertiary/aromatic N) is 1. The first-order chi connectivity index (χ1) is 16.5. The molecule has 6 heteroatoms. The average molecular weight is 463 g/mol. The Morgan fingerprint density at radius 3 is 2.32 bits per heavy atom. The number of benzene rings is 3. The Kier molecular flexibility index (Phi) is 9.21. The van der Waals surface area contributed by atoms with Crippen molar-refractivity contribution in [2.75, 3.05) is 13.7 Å². The second kappa shape index (κ2) is 12.5. The van der Waals surface area contributed by atoms with Crippen molar-refractivity contribution in [1.29, 1.82) is 0 Å². The number of amides is 2. The highest BCUT2D eigenvalue weighted by Crippen LogP contribution is 2.18. The van der Waals surface area contributed by atoms with E-state index in [-0.39, 0.29) is 24.8 Å². The molecule has 0 saturated carbocycles. The van der Waals surface area contributed by atoms with Gasteiger partial charge < -0.3 is 15.0 Å². The highest BCUT2D eigenvalue weighted by molar-refractivity contribution is 5.87. The SMILES string of the molecule is CNC(=O)C(Cc1ccccc1)N(Cc1ccccc1F)C(=O)CCCOc1ccc(C)cc1. The standard InChI is InChI=1S/C28H31FN2O3/c1-21-14-16-24(17-15-21)34-18-8-13-27(32)31(20-23-11-6-7-12-25(23)29)26(28(33)30-2)19-22-9-4-3-5-10-22/h3-7,9-12,14-17,26H,8,13,18-20H2,1-2H3,(H,30,33). The molecule has 0 bridgehead atoms. The van der Waals surface area contributed by atoms with Crippen molar-refractivity contribution >= 4 is 11.8 Å². The molecule has 0 aliphatic heterocycles. The summed E-state index contributed by atoms with van der Waals surface area (Å²) in [7, 11) is 1.54. The van der Waals surface area contributed by atoms with E-state index in [4.69, 9.17) is 4.74 Å². The van der Waals surface area contributed by atoms with E-state index in [1.165, 1.54) is 11.0 Å². The Balaban J connectivity index is 1.75. The molecule has 0 heterocycles. The van der Waals surface area contributed by atoms with Crippen LogP contribution in [0.2, 0.25) is 0 Å². The van der Waals surface area contributed by atoms with E-state index in [2.05, 4.69) is 5.32 Å². The molecule has 0 fully saturated rings. The predicted molar refractivity (Wildman–Crippen MR) is 131 cm³/mol. The van der Waals surface area contributed by atoms with E-state index in [9.17, 15) is 14.0 Å². The van der Waals surface area contributed by atoms with E-state index in [0.29, 0.717) is 25.0 Å². The molecule has 0 radical (unpaired) electrons. The van der Waals surface area contributed by atoms with Crippen LogP contribution in [0.15, 0.2) is 78.9 Å². The molecule has 1 N–H and O–H groups in total. The van der Waals surface area contributed by atoms with Gasteiger partial charge in [-0.1, -0.05) is 66.2 Å². The van der Waals surface area contributed by atoms with E-state index in [1.54, 1.807) is 25.2 Å². The van der Waals surface area contributed by atoms with Crippen LogP contribution in [0.3, 0.4) is 0 Å². The summed E-state index contributed by atoms with van der Waals surface area (Å²) in [6.07, 6.45) is 0.995. The lowest BCUT2D eigenvalue weighted by atomic mass is 10.0. The summed E-state index contributed by atoms with van der Waals surface area (Å²) >= 11 is 0. The molecular weight excluding hydrogens is 431 g/mol. The second-order valence-corrected chi connectivity index (χ2v) is 8.20. The first kappa shape index (κ1) is 25.0. The normalized spacial score (nSPS) is 11.5. The minimum absolute atomic E-state index is 0.00917. The van der Waals surface area contributed by atoms with Crippen molar-refractivity contribution in [2.45, 2.75) is 38.8 Å². The largest absolute Gasteiger partial charge is 0.494 e. The lowest BCUT2D eigenvalue weighted by Crippen LogP contribution is -2.49. The van der Waals surface area contributed by atoms with Crippen molar-refractivity contribution in [3.8, 4) is 5.75 Å². The monoisotopic (exact) mass is 462 g/mol. The maximum absolute atomic E-state index is 14.5. The highest BCUT2D eigenvalue weighted by atomic mass is 19.1. The molecule has 34 heavy (non-hydrogen) atoms. The van der Waals surface area contributed by atoms with Gasteiger partial charge in [0.1, 0.15) is 17.6 Å². The van der Waals surface area contributed by atoms with Gasteiger partial charge in [-0.05, 0) is 37.1 Å². The molecule has 5 nitrogen and oxygen atoms in total. The van der Waals surface area contributed by atoms with Gasteiger partial charge >= 0.3 is 0 Å². The van der Waals surface area contributed by atoms with Crippen LogP contribution in [0.5, 0.6) is 5.75 Å². The zero-order chi connectivity index (χ0) is 24.3. The van der Waals surface area contributed by atoms with E-state index >= 15 is 0 Å². The number of carbonyl (C=O) groups is 2. The van der Waals surface area contributed by atoms with Crippen LogP contribution in [0, 0.1) is 12.7 Å². The Morgan fingerprint density at radius 1 is 0.971 bits per heavy atom. The van der Waals surface area contributed by atoms with Crippen molar-refractivity contribution in [3.63, 3.8) is 0 Å². The van der Waals surface area contributed by atoms with Gasteiger partial charge in [0.15, 0.2) is 0 Å². The number of hydrogen-bond acceptors (Lipinski definition) is 3. The molecule has 0 aromatic heterocycles. The van der Waals surface area contributed by atoms with Crippen LogP contribution in [0.25, 0.3) is 0 Å². The van der Waals surface area contributed by atoms with Crippen LogP contribution in [-0.2, 0) is 22.6 Å². The maximum Gasteiger partial charge on any atom is 0.242 e. The summed E-state index contributed by atoms with van der Waals surface area (Å²) in [6.45, 7) is 2.38. The fraction of sp³-hybridized carbons (Fsp3) is 0.286. The number of halogens is 1. The topological polar surface area (TPSA) is 58.6 Å². The number of hydrogen-bond donors (Lipinski definition) is 1. The number of likely N-dealkylation sites (N-methyl/N-ethyl adjacent to an activating group) is 1. The van der Waals surface area contributed by atoms with Crippen LogP contribution in [-0.4, -0.2) is 36.4 Å². The van der Waals surface area contributed by atoms with Gasteiger partial charge in [0.05, 0.1) is 6.61 Å². The molecule has 3 aromatic carbocycles. The molecule has 3 aromatic rings. The number of carbonyl (C=O) groups excluding carboxylic acids is 2. The molecule has 1 unspecified atom stereocenters. The lowest BCUT2D eigenvalue weighted by Gasteiger charge is -2.31. The molecule has 0 spiro atoms. The number of ether oxygens (including phenoxy) is 1. The van der Waals surface area contributed by atoms with Crippen LogP contribution >= 0.6 is 0 Å². The summed E-state index contributed by atoms with van der Waals surface area (Å²) < 4.78 is 20.2. The van der Waals surface area contributed by atoms with Gasteiger partial charge in [-0.3, -0.25) is 9.59 Å². The van der Waals surface area contributed by atoms with Gasteiger partial charge in [0.25, 0.3) is 0 Å². The number of rotatable bonds is 11. The summed E-state index contributed by atoms with van der Waals surface area (Å²) in [4.78, 5) is 27.7. The van der Waals surface area contributed by atoms with Crippen molar-refractivity contribution in [3.05, 3.63) is 101 Å². The Morgan fingerprint density at radius 2 is 1.65 bits per heavy atom. The van der Waals surface area contributed by atoms with Crippen LogP contribution in [0.4, 0.5) is 4.39 Å². The van der Waals surface area contributed by atoms with Crippen molar-refractivity contribution in [2.24, 2.45) is 0 Å². The fourth-order valence-electron chi connectivity index (χ4n) is 3.72. The molecular formula is C28H31FN2O3. The molecule has 178 valence electrons. The number of aryl methyl sites for hydroxylation is 1. The summed E-state index contributed by atoms with van der Waals surface area (Å²) in [5, 5.41) is 2.66. The van der Waals surface area contributed by atoms with Gasteiger partial charge in [0.2, 0.25) is 11.8 Å². The van der Waals surface area contributed by atoms with Gasteiger partial charge in [-0.15, -0.1) is 0 Å². The Hall–Kier alpha value is -3.67. The minimum atomic E-state index is -0.766. The molecule has 0 aliphatic rings. The molecule has 0 aliphatic carbocycles. The molecule has 0 saturated heterocycles. The summed E-state index contributed by atoms with van der Waals surface area (Å²) in [5.74, 6) is -0.170. The second-order valence-electron chi connectivity index (χ2n) is 8.20. The van der Waals surface area contributed by atoms with E-state index < -0.39 is 11.9 Å². The summed E-state index contributed by atoms with van der Waals surface area (Å²) in [6, 6.07) is 22.8. The third-order valence-corrected chi connectivity index (χ3v) is 5.64. The first-order valence-electron chi connectivity index (χ1n) is 11.5. The quantitative estimate of drug-likeness (QED) is 0.421. The molecule has 3 rings (SSSR count). The smallest absolute Gasteiger partial charge is 0.242 e. The number of nitrogens with one attached hydrogen (secondary N) is 1. The fourth-order valence-corrected chi connectivity index (χ4v) is 3.72. The Bertz CT molecular complexity index is 1070. The first-order valence-corrected chi connectivity index (χ1v) is 11.5. The third-order valence-electron chi connectivity index (χ3n) is 5.64. The van der Waals surface area contributed by atoms with Crippen LogP contribution < -0.4 is 10.1 Å². The van der Waals surface area contributed by atoms with E-state index in [1.807, 2.05) is 61.5 Å². The van der Waals surface area contributed by atoms with Crippen molar-refractivity contribution in [1.82, 2.24) is 10.2 Å². The van der Waals surface area contributed by atoms with Gasteiger partial charge in [-0.2, -0.15) is 0 Å². The average Bonchev–Trinajstić information content (AvgIpc) is 2.86. The molecule has 1 atom stereocenters. The predicted octanol–water partition coefficient (Wildman–Crippen LogP) is 4.68. The zero-order valence-electron chi connectivity index (χ0n) is 19.7. The van der Waals surface area contributed by atoms with E-state index in [0.717, 1.165) is 16.9 Å². The summed E-state index contributed by atoms with van der Waals surface area (Å²) in [5.41, 5.74) is 2.43. The highest BCUT2D eigenvalue weighted by Gasteiger charge is 2.30. The van der Waals surface area contributed by atoms with Crippen molar-refractivity contribution < 1.29 is 18.7 Å².